The highest BCUT2D eigenvalue weighted by molar-refractivity contribution is 5.89. The summed E-state index contributed by atoms with van der Waals surface area (Å²) in [6.45, 7) is 3.96. The summed E-state index contributed by atoms with van der Waals surface area (Å²) in [5, 5.41) is 0. The van der Waals surface area contributed by atoms with Crippen LogP contribution in [-0.2, 0) is 4.74 Å². The number of carbonyl (C=O) groups excluding carboxylic acids is 1. The second-order valence-electron chi connectivity index (χ2n) is 4.83. The van der Waals surface area contributed by atoms with E-state index in [9.17, 15) is 9.18 Å². The number of hydrogen-bond donors (Lipinski definition) is 0. The van der Waals surface area contributed by atoms with Crippen LogP contribution in [0.4, 0.5) is 10.1 Å². The van der Waals surface area contributed by atoms with Gasteiger partial charge in [0.1, 0.15) is 5.82 Å². The highest BCUT2D eigenvalue weighted by Crippen LogP contribution is 2.26. The molecule has 1 aliphatic rings. The van der Waals surface area contributed by atoms with Gasteiger partial charge in [-0.15, -0.1) is 0 Å². The van der Waals surface area contributed by atoms with E-state index in [4.69, 9.17) is 0 Å². The quantitative estimate of drug-likeness (QED) is 0.757. The molecule has 4 heteroatoms. The van der Waals surface area contributed by atoms with E-state index in [1.165, 1.54) is 13.2 Å². The first-order valence-electron chi connectivity index (χ1n) is 6.24. The van der Waals surface area contributed by atoms with Crippen molar-refractivity contribution >= 4 is 11.7 Å². The predicted molar refractivity (Wildman–Crippen MR) is 68.4 cm³/mol. The zero-order chi connectivity index (χ0) is 13.1. The number of ether oxygens (including phenoxy) is 1. The van der Waals surface area contributed by atoms with Crippen LogP contribution in [-0.4, -0.2) is 26.2 Å². The fourth-order valence-electron chi connectivity index (χ4n) is 2.26. The van der Waals surface area contributed by atoms with Gasteiger partial charge >= 0.3 is 5.97 Å². The molecule has 1 saturated heterocycles. The van der Waals surface area contributed by atoms with Crippen molar-refractivity contribution < 1.29 is 13.9 Å². The van der Waals surface area contributed by atoms with Crippen molar-refractivity contribution in [2.24, 2.45) is 5.92 Å². The molecule has 0 bridgehead atoms. The summed E-state index contributed by atoms with van der Waals surface area (Å²) in [4.78, 5) is 13.3. The van der Waals surface area contributed by atoms with Crippen molar-refractivity contribution in [1.29, 1.82) is 0 Å². The number of piperidine rings is 1. The maximum Gasteiger partial charge on any atom is 0.337 e. The number of benzene rings is 1. The van der Waals surface area contributed by atoms with Gasteiger partial charge in [-0.1, -0.05) is 6.92 Å². The summed E-state index contributed by atoms with van der Waals surface area (Å²) in [6, 6.07) is 4.53. The molecule has 3 nitrogen and oxygen atoms in total. The first kappa shape index (κ1) is 12.9. The molecule has 0 spiro atoms. The molecule has 18 heavy (non-hydrogen) atoms. The number of methoxy groups -OCH3 is 1. The Kier molecular flexibility index (Phi) is 3.84. The summed E-state index contributed by atoms with van der Waals surface area (Å²) in [5.41, 5.74) is 0.832. The molecule has 0 radical (unpaired) electrons. The largest absolute Gasteiger partial charge is 0.465 e. The second kappa shape index (κ2) is 5.38. The molecule has 0 N–H and O–H groups in total. The van der Waals surface area contributed by atoms with Crippen molar-refractivity contribution in [1.82, 2.24) is 0 Å². The lowest BCUT2D eigenvalue weighted by molar-refractivity contribution is 0.0600. The van der Waals surface area contributed by atoms with Crippen molar-refractivity contribution in [2.75, 3.05) is 25.1 Å². The average molecular weight is 251 g/mol. The number of hydrogen-bond acceptors (Lipinski definition) is 3. The standard InChI is InChI=1S/C14H18FNO2/c1-10-5-7-16(8-6-10)13-4-3-11(9-12(13)15)14(17)18-2/h3-4,9-10H,5-8H2,1-2H3. The van der Waals surface area contributed by atoms with Crippen molar-refractivity contribution in [3.8, 4) is 0 Å². The van der Waals surface area contributed by atoms with Crippen LogP contribution < -0.4 is 4.90 Å². The number of halogens is 1. The van der Waals surface area contributed by atoms with E-state index in [0.717, 1.165) is 25.9 Å². The Balaban J connectivity index is 2.17. The van der Waals surface area contributed by atoms with Crippen LogP contribution in [0.15, 0.2) is 18.2 Å². The lowest BCUT2D eigenvalue weighted by Gasteiger charge is -2.32. The lowest BCUT2D eigenvalue weighted by Crippen LogP contribution is -2.33. The van der Waals surface area contributed by atoms with Gasteiger partial charge in [-0.3, -0.25) is 0 Å². The SMILES string of the molecule is COC(=O)c1ccc(N2CCC(C)CC2)c(F)c1. The number of rotatable bonds is 2. The van der Waals surface area contributed by atoms with Crippen LogP contribution in [0, 0.1) is 11.7 Å². The molecule has 0 aliphatic carbocycles. The van der Waals surface area contributed by atoms with Crippen molar-refractivity contribution in [2.45, 2.75) is 19.8 Å². The van der Waals surface area contributed by atoms with E-state index in [1.807, 2.05) is 4.90 Å². The highest BCUT2D eigenvalue weighted by Gasteiger charge is 2.19. The van der Waals surface area contributed by atoms with Gasteiger partial charge in [0.2, 0.25) is 0 Å². The minimum atomic E-state index is -0.507. The van der Waals surface area contributed by atoms with Crippen LogP contribution in [0.5, 0.6) is 0 Å². The van der Waals surface area contributed by atoms with Crippen LogP contribution in [0.2, 0.25) is 0 Å². The van der Waals surface area contributed by atoms with E-state index in [2.05, 4.69) is 11.7 Å². The molecule has 98 valence electrons. The summed E-state index contributed by atoms with van der Waals surface area (Å²) in [7, 11) is 1.29. The maximum absolute atomic E-state index is 14.0. The number of anilines is 1. The summed E-state index contributed by atoms with van der Waals surface area (Å²) in [6.07, 6.45) is 2.16. The lowest BCUT2D eigenvalue weighted by atomic mass is 9.98. The fourth-order valence-corrected chi connectivity index (χ4v) is 2.26. The molecule has 1 fully saturated rings. The average Bonchev–Trinajstić information content (AvgIpc) is 2.39. The van der Waals surface area contributed by atoms with E-state index in [-0.39, 0.29) is 11.4 Å². The second-order valence-corrected chi connectivity index (χ2v) is 4.83. The first-order valence-corrected chi connectivity index (χ1v) is 6.24. The first-order chi connectivity index (χ1) is 8.61. The third-order valence-corrected chi connectivity index (χ3v) is 3.49. The molecular formula is C14H18FNO2. The molecule has 0 atom stereocenters. The van der Waals surface area contributed by atoms with Gasteiger partial charge in [0.15, 0.2) is 0 Å². The Morgan fingerprint density at radius 3 is 2.61 bits per heavy atom. The third-order valence-electron chi connectivity index (χ3n) is 3.49. The fraction of sp³-hybridized carbons (Fsp3) is 0.500. The monoisotopic (exact) mass is 251 g/mol. The van der Waals surface area contributed by atoms with Gasteiger partial charge < -0.3 is 9.64 Å². The van der Waals surface area contributed by atoms with Gasteiger partial charge in [-0.05, 0) is 37.0 Å². The maximum atomic E-state index is 14.0. The summed E-state index contributed by atoms with van der Waals surface area (Å²) >= 11 is 0. The smallest absolute Gasteiger partial charge is 0.337 e. The van der Waals surface area contributed by atoms with E-state index < -0.39 is 5.97 Å². The Morgan fingerprint density at radius 1 is 1.39 bits per heavy atom. The molecule has 0 saturated carbocycles. The molecule has 2 rings (SSSR count). The zero-order valence-electron chi connectivity index (χ0n) is 10.8. The molecule has 0 aromatic heterocycles. The number of esters is 1. The van der Waals surface area contributed by atoms with Crippen molar-refractivity contribution in [3.05, 3.63) is 29.6 Å². The molecular weight excluding hydrogens is 233 g/mol. The molecule has 1 heterocycles. The number of carbonyl (C=O) groups is 1. The molecule has 0 amide bonds. The minimum absolute atomic E-state index is 0.254. The van der Waals surface area contributed by atoms with Crippen LogP contribution in [0.3, 0.4) is 0 Å². The normalized spacial score (nSPS) is 16.7. The Bertz CT molecular complexity index is 439. The molecule has 1 aromatic rings. The summed E-state index contributed by atoms with van der Waals surface area (Å²) < 4.78 is 18.6. The number of nitrogens with zero attached hydrogens (tertiary/aromatic N) is 1. The van der Waals surface area contributed by atoms with E-state index in [0.29, 0.717) is 11.6 Å². The van der Waals surface area contributed by atoms with E-state index in [1.54, 1.807) is 12.1 Å². The van der Waals surface area contributed by atoms with Crippen LogP contribution >= 0.6 is 0 Å². The van der Waals surface area contributed by atoms with Crippen LogP contribution in [0.25, 0.3) is 0 Å². The molecule has 1 aromatic carbocycles. The topological polar surface area (TPSA) is 29.5 Å². The van der Waals surface area contributed by atoms with Crippen molar-refractivity contribution in [3.63, 3.8) is 0 Å². The third kappa shape index (κ3) is 2.63. The van der Waals surface area contributed by atoms with Gasteiger partial charge in [0.25, 0.3) is 0 Å². The van der Waals surface area contributed by atoms with Crippen LogP contribution in [0.1, 0.15) is 30.1 Å². The Labute approximate surface area is 107 Å². The van der Waals surface area contributed by atoms with Gasteiger partial charge in [0, 0.05) is 13.1 Å². The highest BCUT2D eigenvalue weighted by atomic mass is 19.1. The minimum Gasteiger partial charge on any atom is -0.465 e. The van der Waals surface area contributed by atoms with Gasteiger partial charge in [-0.25, -0.2) is 9.18 Å². The molecule has 0 unspecified atom stereocenters. The van der Waals surface area contributed by atoms with E-state index >= 15 is 0 Å². The predicted octanol–water partition coefficient (Wildman–Crippen LogP) is 2.85. The molecule has 1 aliphatic heterocycles. The Hall–Kier alpha value is -1.58. The summed E-state index contributed by atoms with van der Waals surface area (Å²) in [5.74, 6) is -0.154. The zero-order valence-corrected chi connectivity index (χ0v) is 10.8. The van der Waals surface area contributed by atoms with Gasteiger partial charge in [0.05, 0.1) is 18.4 Å². The Morgan fingerprint density at radius 2 is 2.06 bits per heavy atom. The van der Waals surface area contributed by atoms with Gasteiger partial charge in [-0.2, -0.15) is 0 Å².